The van der Waals surface area contributed by atoms with Crippen LogP contribution >= 0.6 is 0 Å². The van der Waals surface area contributed by atoms with Crippen molar-refractivity contribution in [1.82, 2.24) is 20.4 Å². The van der Waals surface area contributed by atoms with Crippen molar-refractivity contribution in [3.63, 3.8) is 0 Å². The number of nitrogens with one attached hydrogen (secondary N) is 1. The molecule has 0 saturated carbocycles. The van der Waals surface area contributed by atoms with E-state index in [2.05, 4.69) is 20.4 Å². The molecule has 3 heterocycles. The van der Waals surface area contributed by atoms with E-state index in [9.17, 15) is 0 Å². The van der Waals surface area contributed by atoms with Gasteiger partial charge >= 0.3 is 0 Å². The number of hydrogen-bond donors (Lipinski definition) is 1. The lowest BCUT2D eigenvalue weighted by molar-refractivity contribution is 0.0381. The third-order valence-electron chi connectivity index (χ3n) is 3.60. The van der Waals surface area contributed by atoms with Gasteiger partial charge in [0.25, 0.3) is 0 Å². The average Bonchev–Trinajstić information content (AvgIpc) is 3.08. The number of aromatic nitrogens is 2. The predicted molar refractivity (Wildman–Crippen MR) is 65.2 cm³/mol. The SMILES string of the molecule is C1CNC(c2nc(CCN3CCOCC3)no2)C1. The smallest absolute Gasteiger partial charge is 0.243 e. The first kappa shape index (κ1) is 12.1. The van der Waals surface area contributed by atoms with Crippen LogP contribution in [0.15, 0.2) is 4.52 Å². The fraction of sp³-hybridized carbons (Fsp3) is 0.833. The summed E-state index contributed by atoms with van der Waals surface area (Å²) in [6, 6.07) is 0.273. The molecule has 0 aliphatic carbocycles. The van der Waals surface area contributed by atoms with E-state index < -0.39 is 0 Å². The molecule has 0 amide bonds. The van der Waals surface area contributed by atoms with Crippen molar-refractivity contribution >= 4 is 0 Å². The Morgan fingerprint density at radius 2 is 2.22 bits per heavy atom. The first-order valence-electron chi connectivity index (χ1n) is 6.78. The third kappa shape index (κ3) is 2.88. The summed E-state index contributed by atoms with van der Waals surface area (Å²) < 4.78 is 10.6. The van der Waals surface area contributed by atoms with Gasteiger partial charge in [-0.1, -0.05) is 5.16 Å². The summed E-state index contributed by atoms with van der Waals surface area (Å²) in [6.45, 7) is 5.73. The molecule has 3 rings (SSSR count). The molecule has 2 aliphatic rings. The Hall–Kier alpha value is -0.980. The molecule has 1 aromatic rings. The topological polar surface area (TPSA) is 63.4 Å². The quantitative estimate of drug-likeness (QED) is 0.835. The molecule has 0 aromatic carbocycles. The molecule has 2 aliphatic heterocycles. The van der Waals surface area contributed by atoms with Gasteiger partial charge in [-0.3, -0.25) is 4.90 Å². The molecule has 0 spiro atoms. The zero-order chi connectivity index (χ0) is 12.2. The third-order valence-corrected chi connectivity index (χ3v) is 3.60. The molecule has 1 atom stereocenters. The predicted octanol–water partition coefficient (Wildman–Crippen LogP) is 0.369. The molecule has 2 saturated heterocycles. The molecule has 0 bridgehead atoms. The van der Waals surface area contributed by atoms with Gasteiger partial charge < -0.3 is 14.6 Å². The summed E-state index contributed by atoms with van der Waals surface area (Å²) in [5.74, 6) is 1.58. The molecule has 1 unspecified atom stereocenters. The number of morpholine rings is 1. The molecule has 1 aromatic heterocycles. The summed E-state index contributed by atoms with van der Waals surface area (Å²) in [5, 5.41) is 7.43. The molecule has 1 N–H and O–H groups in total. The maximum absolute atomic E-state index is 5.32. The van der Waals surface area contributed by atoms with Crippen molar-refractivity contribution in [2.24, 2.45) is 0 Å². The normalized spacial score (nSPS) is 25.7. The summed E-state index contributed by atoms with van der Waals surface area (Å²) >= 11 is 0. The van der Waals surface area contributed by atoms with E-state index >= 15 is 0 Å². The van der Waals surface area contributed by atoms with E-state index in [1.165, 1.54) is 6.42 Å². The van der Waals surface area contributed by atoms with Crippen LogP contribution < -0.4 is 5.32 Å². The van der Waals surface area contributed by atoms with E-state index in [4.69, 9.17) is 9.26 Å². The Morgan fingerprint density at radius 3 is 3.00 bits per heavy atom. The van der Waals surface area contributed by atoms with E-state index in [1.807, 2.05) is 0 Å². The monoisotopic (exact) mass is 252 g/mol. The molecule has 2 fully saturated rings. The highest BCUT2D eigenvalue weighted by atomic mass is 16.5. The van der Waals surface area contributed by atoms with Gasteiger partial charge in [-0.2, -0.15) is 4.98 Å². The lowest BCUT2D eigenvalue weighted by Crippen LogP contribution is -2.37. The van der Waals surface area contributed by atoms with Gasteiger partial charge in [0.05, 0.1) is 19.3 Å². The zero-order valence-corrected chi connectivity index (χ0v) is 10.6. The minimum atomic E-state index is 0.273. The molecule has 6 nitrogen and oxygen atoms in total. The second-order valence-electron chi connectivity index (χ2n) is 4.90. The summed E-state index contributed by atoms with van der Waals surface area (Å²) in [7, 11) is 0. The highest BCUT2D eigenvalue weighted by molar-refractivity contribution is 4.95. The van der Waals surface area contributed by atoms with Crippen molar-refractivity contribution in [2.75, 3.05) is 39.4 Å². The van der Waals surface area contributed by atoms with Crippen LogP contribution in [0, 0.1) is 0 Å². The van der Waals surface area contributed by atoms with Gasteiger partial charge in [0.1, 0.15) is 0 Å². The standard InChI is InChI=1S/C12H20N4O2/c1-2-10(13-4-1)12-14-11(15-18-12)3-5-16-6-8-17-9-7-16/h10,13H,1-9H2. The van der Waals surface area contributed by atoms with Crippen molar-refractivity contribution in [3.05, 3.63) is 11.7 Å². The van der Waals surface area contributed by atoms with Gasteiger partial charge in [-0.05, 0) is 19.4 Å². The van der Waals surface area contributed by atoms with Gasteiger partial charge in [-0.15, -0.1) is 0 Å². The number of rotatable bonds is 4. The number of ether oxygens (including phenoxy) is 1. The van der Waals surface area contributed by atoms with E-state index in [0.717, 1.165) is 63.9 Å². The van der Waals surface area contributed by atoms with E-state index in [1.54, 1.807) is 0 Å². The summed E-state index contributed by atoms with van der Waals surface area (Å²) in [6.07, 6.45) is 3.15. The van der Waals surface area contributed by atoms with Crippen LogP contribution in [0.25, 0.3) is 0 Å². The van der Waals surface area contributed by atoms with Crippen molar-refractivity contribution in [3.8, 4) is 0 Å². The maximum atomic E-state index is 5.32. The molecule has 0 radical (unpaired) electrons. The van der Waals surface area contributed by atoms with Gasteiger partial charge in [-0.25, -0.2) is 0 Å². The van der Waals surface area contributed by atoms with Crippen LogP contribution in [0.3, 0.4) is 0 Å². The zero-order valence-electron chi connectivity index (χ0n) is 10.6. The Kier molecular flexibility index (Phi) is 3.87. The fourth-order valence-corrected chi connectivity index (χ4v) is 2.49. The van der Waals surface area contributed by atoms with Crippen LogP contribution in [-0.2, 0) is 11.2 Å². The second kappa shape index (κ2) is 5.77. The van der Waals surface area contributed by atoms with Crippen molar-refractivity contribution in [2.45, 2.75) is 25.3 Å². The van der Waals surface area contributed by atoms with Crippen LogP contribution in [0.2, 0.25) is 0 Å². The Morgan fingerprint density at radius 1 is 1.33 bits per heavy atom. The molecule has 100 valence electrons. The molecule has 6 heteroatoms. The van der Waals surface area contributed by atoms with Gasteiger partial charge in [0.15, 0.2) is 5.82 Å². The van der Waals surface area contributed by atoms with Crippen molar-refractivity contribution in [1.29, 1.82) is 0 Å². The number of hydrogen-bond acceptors (Lipinski definition) is 6. The summed E-state index contributed by atoms with van der Waals surface area (Å²) in [4.78, 5) is 6.86. The first-order chi connectivity index (χ1) is 8.92. The van der Waals surface area contributed by atoms with Gasteiger partial charge in [0, 0.05) is 26.1 Å². The van der Waals surface area contributed by atoms with Crippen LogP contribution in [0.5, 0.6) is 0 Å². The highest BCUT2D eigenvalue weighted by Gasteiger charge is 2.22. The maximum Gasteiger partial charge on any atom is 0.243 e. The van der Waals surface area contributed by atoms with Crippen LogP contribution in [0.4, 0.5) is 0 Å². The first-order valence-corrected chi connectivity index (χ1v) is 6.78. The lowest BCUT2D eigenvalue weighted by atomic mass is 10.2. The highest BCUT2D eigenvalue weighted by Crippen LogP contribution is 2.21. The number of nitrogens with zero attached hydrogens (tertiary/aromatic N) is 3. The van der Waals surface area contributed by atoms with E-state index in [-0.39, 0.29) is 6.04 Å². The fourth-order valence-electron chi connectivity index (χ4n) is 2.49. The second-order valence-corrected chi connectivity index (χ2v) is 4.90. The largest absolute Gasteiger partial charge is 0.379 e. The lowest BCUT2D eigenvalue weighted by Gasteiger charge is -2.25. The van der Waals surface area contributed by atoms with Crippen LogP contribution in [-0.4, -0.2) is 54.4 Å². The Labute approximate surface area is 107 Å². The molecular weight excluding hydrogens is 232 g/mol. The molecule has 18 heavy (non-hydrogen) atoms. The van der Waals surface area contributed by atoms with Crippen molar-refractivity contribution < 1.29 is 9.26 Å². The van der Waals surface area contributed by atoms with Crippen LogP contribution in [0.1, 0.15) is 30.6 Å². The minimum Gasteiger partial charge on any atom is -0.379 e. The van der Waals surface area contributed by atoms with Gasteiger partial charge in [0.2, 0.25) is 5.89 Å². The Balaban J connectivity index is 1.50. The summed E-state index contributed by atoms with van der Waals surface area (Å²) in [5.41, 5.74) is 0. The Bertz CT molecular complexity index is 370. The average molecular weight is 252 g/mol. The molecular formula is C12H20N4O2. The minimum absolute atomic E-state index is 0.273. The van der Waals surface area contributed by atoms with E-state index in [0.29, 0.717) is 0 Å².